The van der Waals surface area contributed by atoms with Crippen LogP contribution in [0.2, 0.25) is 0 Å². The van der Waals surface area contributed by atoms with Crippen LogP contribution in [0, 0.1) is 5.92 Å². The molecule has 0 unspecified atom stereocenters. The molecule has 0 saturated heterocycles. The summed E-state index contributed by atoms with van der Waals surface area (Å²) in [6, 6.07) is 27.3. The molecule has 0 aromatic heterocycles. The fraction of sp³-hybridized carbons (Fsp3) is 0.281. The molecular weight excluding hydrogens is 522 g/mol. The third-order valence-corrected chi connectivity index (χ3v) is 6.75. The minimum absolute atomic E-state index is 0.0992. The van der Waals surface area contributed by atoms with Gasteiger partial charge < -0.3 is 21.1 Å². The Labute approximate surface area is 239 Å². The number of Topliss-reactive ketones (excluding diaryl/α,β-unsaturated/α-hetero) is 1. The van der Waals surface area contributed by atoms with Crippen molar-refractivity contribution in [1.82, 2.24) is 16.0 Å². The van der Waals surface area contributed by atoms with Gasteiger partial charge in [-0.15, -0.1) is 0 Å². The van der Waals surface area contributed by atoms with Gasteiger partial charge in [0.05, 0.1) is 12.5 Å². The highest BCUT2D eigenvalue weighted by molar-refractivity contribution is 5.96. The van der Waals surface area contributed by atoms with Crippen molar-refractivity contribution in [2.75, 3.05) is 6.54 Å². The summed E-state index contributed by atoms with van der Waals surface area (Å²) in [5, 5.41) is 16.9. The van der Waals surface area contributed by atoms with Crippen LogP contribution in [0.5, 0.6) is 0 Å². The Morgan fingerprint density at radius 3 is 1.61 bits per heavy atom. The zero-order chi connectivity index (χ0) is 29.8. The topological polar surface area (TPSA) is 142 Å². The van der Waals surface area contributed by atoms with Crippen LogP contribution in [-0.4, -0.2) is 47.2 Å². The lowest BCUT2D eigenvalue weighted by molar-refractivity contribution is -0.139. The number of carboxylic acid groups (broad SMARTS) is 1. The minimum Gasteiger partial charge on any atom is -0.480 e. The summed E-state index contributed by atoms with van der Waals surface area (Å²) in [7, 11) is 0. The SMILES string of the molecule is CCC(=O)N[C@H](CC(=O)NC(c1ccccc1)(c1ccccc1)c1ccccc1)C(=O)C[C@H](C)C(=O)NCC(=O)O. The average Bonchev–Trinajstić information content (AvgIpc) is 2.99. The molecule has 0 aliphatic heterocycles. The molecule has 0 radical (unpaired) electrons. The lowest BCUT2D eigenvalue weighted by Gasteiger charge is -2.37. The maximum atomic E-state index is 13.8. The van der Waals surface area contributed by atoms with Gasteiger partial charge in [0, 0.05) is 18.8 Å². The quantitative estimate of drug-likeness (QED) is 0.224. The molecule has 214 valence electrons. The summed E-state index contributed by atoms with van der Waals surface area (Å²) < 4.78 is 0. The molecule has 9 heteroatoms. The summed E-state index contributed by atoms with van der Waals surface area (Å²) in [6.07, 6.45) is -0.543. The smallest absolute Gasteiger partial charge is 0.322 e. The lowest BCUT2D eigenvalue weighted by atomic mass is 9.76. The number of hydrogen-bond acceptors (Lipinski definition) is 5. The molecule has 3 amide bonds. The van der Waals surface area contributed by atoms with Crippen molar-refractivity contribution < 1.29 is 29.1 Å². The molecule has 0 aliphatic carbocycles. The highest BCUT2D eigenvalue weighted by atomic mass is 16.4. The molecule has 0 spiro atoms. The van der Waals surface area contributed by atoms with Crippen LogP contribution in [0.25, 0.3) is 0 Å². The fourth-order valence-corrected chi connectivity index (χ4v) is 4.64. The van der Waals surface area contributed by atoms with E-state index in [1.807, 2.05) is 91.0 Å². The molecule has 3 aromatic carbocycles. The molecule has 3 aromatic rings. The summed E-state index contributed by atoms with van der Waals surface area (Å²) in [4.78, 5) is 62.4. The molecule has 0 heterocycles. The van der Waals surface area contributed by atoms with Crippen LogP contribution in [0.15, 0.2) is 91.0 Å². The first-order valence-electron chi connectivity index (χ1n) is 13.5. The van der Waals surface area contributed by atoms with Crippen LogP contribution in [-0.2, 0) is 29.5 Å². The van der Waals surface area contributed by atoms with Gasteiger partial charge in [-0.3, -0.25) is 24.0 Å². The van der Waals surface area contributed by atoms with Gasteiger partial charge in [-0.05, 0) is 16.7 Å². The summed E-state index contributed by atoms with van der Waals surface area (Å²) in [5.41, 5.74) is 1.30. The van der Waals surface area contributed by atoms with Gasteiger partial charge in [-0.25, -0.2) is 0 Å². The molecule has 0 aliphatic rings. The summed E-state index contributed by atoms with van der Waals surface area (Å²) >= 11 is 0. The number of nitrogens with one attached hydrogen (secondary N) is 3. The van der Waals surface area contributed by atoms with E-state index in [-0.39, 0.29) is 19.3 Å². The van der Waals surface area contributed by atoms with Crippen molar-refractivity contribution in [3.05, 3.63) is 108 Å². The number of carbonyl (C=O) groups is 5. The number of carbonyl (C=O) groups excluding carboxylic acids is 4. The Balaban J connectivity index is 1.94. The number of benzene rings is 3. The number of amides is 3. The largest absolute Gasteiger partial charge is 0.480 e. The van der Waals surface area contributed by atoms with Crippen molar-refractivity contribution in [3.63, 3.8) is 0 Å². The van der Waals surface area contributed by atoms with Gasteiger partial charge in [0.25, 0.3) is 0 Å². The molecule has 2 atom stereocenters. The van der Waals surface area contributed by atoms with Crippen LogP contribution in [0.1, 0.15) is 49.8 Å². The first-order valence-corrected chi connectivity index (χ1v) is 13.5. The van der Waals surface area contributed by atoms with E-state index in [9.17, 15) is 24.0 Å². The number of ketones is 1. The van der Waals surface area contributed by atoms with Crippen LogP contribution < -0.4 is 16.0 Å². The summed E-state index contributed by atoms with van der Waals surface area (Å²) in [5.74, 6) is -4.09. The van der Waals surface area contributed by atoms with E-state index >= 15 is 0 Å². The first kappa shape index (κ1) is 30.7. The monoisotopic (exact) mass is 557 g/mol. The molecular formula is C32H35N3O6. The maximum Gasteiger partial charge on any atom is 0.322 e. The molecule has 4 N–H and O–H groups in total. The molecule has 3 rings (SSSR count). The van der Waals surface area contributed by atoms with Gasteiger partial charge in [0.15, 0.2) is 5.78 Å². The molecule has 0 bridgehead atoms. The van der Waals surface area contributed by atoms with Crippen molar-refractivity contribution >= 4 is 29.5 Å². The lowest BCUT2D eigenvalue weighted by Crippen LogP contribution is -2.51. The predicted octanol–water partition coefficient (Wildman–Crippen LogP) is 3.18. The standard InChI is InChI=1S/C32H35N3O6/c1-3-28(37)34-26(27(36)19-22(2)31(41)33-21-30(39)40)20-29(38)35-32(23-13-7-4-8-14-23,24-15-9-5-10-16-24)25-17-11-6-12-18-25/h4-18,22,26H,3,19-21H2,1-2H3,(H,33,41)(H,34,37)(H,35,38)(H,39,40)/t22-,26+/m0/s1. The van der Waals surface area contributed by atoms with Crippen molar-refractivity contribution in [3.8, 4) is 0 Å². The number of rotatable bonds is 14. The van der Waals surface area contributed by atoms with Crippen molar-refractivity contribution in [2.45, 2.75) is 44.7 Å². The Kier molecular flexibility index (Phi) is 10.9. The molecule has 0 fully saturated rings. The highest BCUT2D eigenvalue weighted by Crippen LogP contribution is 2.37. The molecule has 0 saturated carbocycles. The third-order valence-electron chi connectivity index (χ3n) is 6.75. The van der Waals surface area contributed by atoms with Gasteiger partial charge >= 0.3 is 5.97 Å². The average molecular weight is 558 g/mol. The van der Waals surface area contributed by atoms with Gasteiger partial charge in [-0.2, -0.15) is 0 Å². The third kappa shape index (κ3) is 8.11. The van der Waals surface area contributed by atoms with Gasteiger partial charge in [0.2, 0.25) is 17.7 Å². The number of carboxylic acids is 1. The van der Waals surface area contributed by atoms with E-state index in [0.29, 0.717) is 0 Å². The second-order valence-corrected chi connectivity index (χ2v) is 9.76. The van der Waals surface area contributed by atoms with Crippen molar-refractivity contribution in [2.24, 2.45) is 5.92 Å². The van der Waals surface area contributed by atoms with E-state index < -0.39 is 53.5 Å². The minimum atomic E-state index is -1.21. The first-order chi connectivity index (χ1) is 19.7. The van der Waals surface area contributed by atoms with Crippen LogP contribution in [0.4, 0.5) is 0 Å². The van der Waals surface area contributed by atoms with E-state index in [1.165, 1.54) is 6.92 Å². The number of aliphatic carboxylic acids is 1. The van der Waals surface area contributed by atoms with E-state index in [4.69, 9.17) is 5.11 Å². The van der Waals surface area contributed by atoms with Crippen LogP contribution >= 0.6 is 0 Å². The van der Waals surface area contributed by atoms with E-state index in [0.717, 1.165) is 16.7 Å². The summed E-state index contributed by atoms with van der Waals surface area (Å²) in [6.45, 7) is 2.54. The Hall–Kier alpha value is -4.79. The predicted molar refractivity (Wildman–Crippen MR) is 154 cm³/mol. The highest BCUT2D eigenvalue weighted by Gasteiger charge is 2.39. The van der Waals surface area contributed by atoms with E-state index in [1.54, 1.807) is 6.92 Å². The second kappa shape index (κ2) is 14.6. The zero-order valence-corrected chi connectivity index (χ0v) is 23.1. The van der Waals surface area contributed by atoms with E-state index in [2.05, 4.69) is 16.0 Å². The normalized spacial score (nSPS) is 12.4. The molecule has 41 heavy (non-hydrogen) atoms. The molecule has 9 nitrogen and oxygen atoms in total. The fourth-order valence-electron chi connectivity index (χ4n) is 4.64. The zero-order valence-electron chi connectivity index (χ0n) is 23.1. The van der Waals surface area contributed by atoms with Crippen molar-refractivity contribution in [1.29, 1.82) is 0 Å². The number of hydrogen-bond donors (Lipinski definition) is 4. The van der Waals surface area contributed by atoms with Crippen LogP contribution in [0.3, 0.4) is 0 Å². The second-order valence-electron chi connectivity index (χ2n) is 9.76. The Morgan fingerprint density at radius 2 is 1.20 bits per heavy atom. The van der Waals surface area contributed by atoms with Gasteiger partial charge in [-0.1, -0.05) is 105 Å². The van der Waals surface area contributed by atoms with Gasteiger partial charge in [0.1, 0.15) is 12.1 Å². The Morgan fingerprint density at radius 1 is 0.732 bits per heavy atom. The maximum absolute atomic E-state index is 13.8. The Bertz CT molecular complexity index is 1250.